The lowest BCUT2D eigenvalue weighted by atomic mass is 10.3. The Kier molecular flexibility index (Phi) is 4.63. The van der Waals surface area contributed by atoms with Gasteiger partial charge in [0.15, 0.2) is 4.80 Å². The van der Waals surface area contributed by atoms with Crippen LogP contribution in [0.4, 0.5) is 0 Å². The molecular weight excluding hydrogens is 396 g/mol. The Morgan fingerprint density at radius 3 is 2.88 bits per heavy atom. The van der Waals surface area contributed by atoms with E-state index in [1.165, 1.54) is 24.6 Å². The minimum atomic E-state index is -0.466. The Bertz CT molecular complexity index is 1000. The maximum Gasteiger partial charge on any atom is 0.325 e. The molecule has 1 amide bonds. The Hall–Kier alpha value is -2.26. The maximum absolute atomic E-state index is 12.4. The van der Waals surface area contributed by atoms with E-state index in [4.69, 9.17) is 4.74 Å². The summed E-state index contributed by atoms with van der Waals surface area (Å²) in [5.41, 5.74) is 0.806. The summed E-state index contributed by atoms with van der Waals surface area (Å²) >= 11 is 4.74. The van der Waals surface area contributed by atoms with Crippen LogP contribution >= 0.6 is 27.3 Å². The van der Waals surface area contributed by atoms with Crippen LogP contribution < -0.4 is 4.80 Å². The molecule has 0 radical (unpaired) electrons. The standard InChI is InChI=1S/C15H13BrN4O3S/c1-19-6-5-17-13(19)14(22)18-15-20(8-12(21)23-2)10-4-3-9(16)7-11(10)24-15/h3-7H,8H2,1-2H3. The number of esters is 1. The number of carbonyl (C=O) groups excluding carboxylic acids is 2. The fraction of sp³-hybridized carbons (Fsp3) is 0.200. The molecule has 24 heavy (non-hydrogen) atoms. The van der Waals surface area contributed by atoms with Crippen LogP contribution in [-0.4, -0.2) is 33.1 Å². The highest BCUT2D eigenvalue weighted by Gasteiger charge is 2.14. The number of carbonyl (C=O) groups is 2. The second-order valence-electron chi connectivity index (χ2n) is 4.94. The summed E-state index contributed by atoms with van der Waals surface area (Å²) in [6.45, 7) is -0.0230. The molecule has 0 spiro atoms. The number of aryl methyl sites for hydroxylation is 1. The number of fused-ring (bicyclic) bond motifs is 1. The van der Waals surface area contributed by atoms with Crippen molar-refractivity contribution in [3.8, 4) is 0 Å². The fourth-order valence-corrected chi connectivity index (χ4v) is 3.77. The van der Waals surface area contributed by atoms with Crippen LogP contribution in [0.3, 0.4) is 0 Å². The zero-order valence-corrected chi connectivity index (χ0v) is 15.3. The van der Waals surface area contributed by atoms with E-state index in [9.17, 15) is 9.59 Å². The number of hydrogen-bond donors (Lipinski definition) is 0. The summed E-state index contributed by atoms with van der Waals surface area (Å²) in [5, 5.41) is 0. The summed E-state index contributed by atoms with van der Waals surface area (Å²) in [4.78, 5) is 32.7. The van der Waals surface area contributed by atoms with E-state index in [0.717, 1.165) is 14.7 Å². The quantitative estimate of drug-likeness (QED) is 0.621. The third kappa shape index (κ3) is 3.17. The van der Waals surface area contributed by atoms with Gasteiger partial charge in [-0.05, 0) is 18.2 Å². The first-order chi connectivity index (χ1) is 11.5. The first-order valence-corrected chi connectivity index (χ1v) is 8.52. The lowest BCUT2D eigenvalue weighted by molar-refractivity contribution is -0.141. The summed E-state index contributed by atoms with van der Waals surface area (Å²) in [6, 6.07) is 5.65. The van der Waals surface area contributed by atoms with Crippen LogP contribution in [-0.2, 0) is 23.1 Å². The number of halogens is 1. The summed E-state index contributed by atoms with van der Waals surface area (Å²) < 4.78 is 9.81. The highest BCUT2D eigenvalue weighted by molar-refractivity contribution is 9.10. The van der Waals surface area contributed by atoms with Gasteiger partial charge in [-0.25, -0.2) is 4.98 Å². The molecule has 0 aliphatic rings. The number of thiazole rings is 1. The van der Waals surface area contributed by atoms with Crippen LogP contribution in [0.2, 0.25) is 0 Å². The number of nitrogens with zero attached hydrogens (tertiary/aromatic N) is 4. The van der Waals surface area contributed by atoms with Gasteiger partial charge in [0, 0.05) is 23.9 Å². The van der Waals surface area contributed by atoms with Crippen molar-refractivity contribution in [2.24, 2.45) is 12.0 Å². The van der Waals surface area contributed by atoms with Crippen molar-refractivity contribution >= 4 is 49.4 Å². The molecule has 7 nitrogen and oxygen atoms in total. The van der Waals surface area contributed by atoms with Gasteiger partial charge < -0.3 is 13.9 Å². The molecule has 0 aliphatic carbocycles. The van der Waals surface area contributed by atoms with E-state index in [1.54, 1.807) is 22.4 Å². The predicted molar refractivity (Wildman–Crippen MR) is 92.6 cm³/mol. The number of hydrogen-bond acceptors (Lipinski definition) is 5. The second kappa shape index (κ2) is 6.70. The van der Waals surface area contributed by atoms with E-state index < -0.39 is 11.9 Å². The van der Waals surface area contributed by atoms with Gasteiger partial charge in [-0.2, -0.15) is 4.99 Å². The Labute approximate surface area is 149 Å². The molecule has 0 unspecified atom stereocenters. The molecule has 0 N–H and O–H groups in total. The van der Waals surface area contributed by atoms with Crippen molar-refractivity contribution in [1.82, 2.24) is 14.1 Å². The van der Waals surface area contributed by atoms with Crippen LogP contribution in [0, 0.1) is 0 Å². The fourth-order valence-electron chi connectivity index (χ4n) is 2.19. The minimum Gasteiger partial charge on any atom is -0.468 e. The topological polar surface area (TPSA) is 78.5 Å². The molecule has 0 atom stereocenters. The first-order valence-electron chi connectivity index (χ1n) is 6.91. The predicted octanol–water partition coefficient (Wildman–Crippen LogP) is 2.11. The van der Waals surface area contributed by atoms with Gasteiger partial charge in [-0.1, -0.05) is 27.3 Å². The Balaban J connectivity index is 2.17. The number of amides is 1. The SMILES string of the molecule is COC(=O)Cn1c(=NC(=O)c2nccn2C)sc2cc(Br)ccc21. The largest absolute Gasteiger partial charge is 0.468 e. The van der Waals surface area contributed by atoms with Crippen molar-refractivity contribution in [1.29, 1.82) is 0 Å². The van der Waals surface area contributed by atoms with E-state index in [0.29, 0.717) is 4.80 Å². The minimum absolute atomic E-state index is 0.0230. The van der Waals surface area contributed by atoms with Crippen molar-refractivity contribution in [3.05, 3.63) is 45.7 Å². The zero-order chi connectivity index (χ0) is 17.3. The van der Waals surface area contributed by atoms with E-state index in [1.807, 2.05) is 18.2 Å². The van der Waals surface area contributed by atoms with Gasteiger partial charge in [-0.15, -0.1) is 0 Å². The molecule has 9 heteroatoms. The molecule has 1 aromatic carbocycles. The molecule has 2 aromatic heterocycles. The van der Waals surface area contributed by atoms with Crippen molar-refractivity contribution in [3.63, 3.8) is 0 Å². The first kappa shape index (κ1) is 16.6. The summed E-state index contributed by atoms with van der Waals surface area (Å²) in [6.07, 6.45) is 3.21. The molecule has 3 aromatic rings. The van der Waals surface area contributed by atoms with Gasteiger partial charge in [0.1, 0.15) is 6.54 Å². The van der Waals surface area contributed by atoms with Crippen molar-refractivity contribution < 1.29 is 14.3 Å². The molecule has 0 saturated heterocycles. The Morgan fingerprint density at radius 1 is 1.42 bits per heavy atom. The molecule has 0 fully saturated rings. The van der Waals surface area contributed by atoms with Gasteiger partial charge in [-0.3, -0.25) is 9.59 Å². The molecule has 0 bridgehead atoms. The number of rotatable bonds is 3. The van der Waals surface area contributed by atoms with E-state index in [2.05, 4.69) is 25.9 Å². The third-order valence-electron chi connectivity index (χ3n) is 3.37. The zero-order valence-electron chi connectivity index (χ0n) is 12.9. The van der Waals surface area contributed by atoms with Crippen molar-refractivity contribution in [2.75, 3.05) is 7.11 Å². The molecule has 124 valence electrons. The number of aromatic nitrogens is 3. The van der Waals surface area contributed by atoms with Crippen LogP contribution in [0.1, 0.15) is 10.6 Å². The second-order valence-corrected chi connectivity index (χ2v) is 6.86. The van der Waals surface area contributed by atoms with E-state index >= 15 is 0 Å². The summed E-state index contributed by atoms with van der Waals surface area (Å²) in [7, 11) is 3.05. The highest BCUT2D eigenvalue weighted by Crippen LogP contribution is 2.22. The molecule has 3 rings (SSSR count). The van der Waals surface area contributed by atoms with Gasteiger partial charge in [0.25, 0.3) is 0 Å². The lowest BCUT2D eigenvalue weighted by Crippen LogP contribution is -2.23. The molecule has 2 heterocycles. The van der Waals surface area contributed by atoms with Gasteiger partial charge in [0.05, 0.1) is 17.3 Å². The monoisotopic (exact) mass is 408 g/mol. The molecule has 0 saturated carbocycles. The summed E-state index contributed by atoms with van der Waals surface area (Å²) in [5.74, 6) is -0.645. The average Bonchev–Trinajstić information content (AvgIpc) is 3.11. The van der Waals surface area contributed by atoms with Crippen LogP contribution in [0.5, 0.6) is 0 Å². The number of benzene rings is 1. The maximum atomic E-state index is 12.4. The van der Waals surface area contributed by atoms with Crippen molar-refractivity contribution in [2.45, 2.75) is 6.54 Å². The van der Waals surface area contributed by atoms with Crippen LogP contribution in [0.25, 0.3) is 10.2 Å². The number of ether oxygens (including phenoxy) is 1. The van der Waals surface area contributed by atoms with Gasteiger partial charge in [0.2, 0.25) is 5.82 Å². The lowest BCUT2D eigenvalue weighted by Gasteiger charge is -2.03. The highest BCUT2D eigenvalue weighted by atomic mass is 79.9. The van der Waals surface area contributed by atoms with E-state index in [-0.39, 0.29) is 12.4 Å². The normalized spacial score (nSPS) is 11.9. The van der Waals surface area contributed by atoms with Crippen LogP contribution in [0.15, 0.2) is 40.1 Å². The number of imidazole rings is 1. The average molecular weight is 409 g/mol. The Morgan fingerprint density at radius 2 is 2.21 bits per heavy atom. The van der Waals surface area contributed by atoms with Gasteiger partial charge >= 0.3 is 11.9 Å². The third-order valence-corrected chi connectivity index (χ3v) is 4.90. The smallest absolute Gasteiger partial charge is 0.325 e. The number of methoxy groups -OCH3 is 1. The molecular formula is C15H13BrN4O3S. The molecule has 0 aliphatic heterocycles.